The Kier molecular flexibility index (Phi) is 5.79. The first-order valence-electron chi connectivity index (χ1n) is 11.6. The lowest BCUT2D eigenvalue weighted by Crippen LogP contribution is -2.56. The van der Waals surface area contributed by atoms with Crippen LogP contribution in [0.2, 0.25) is 0 Å². The van der Waals surface area contributed by atoms with Gasteiger partial charge in [-0.05, 0) is 35.6 Å². The van der Waals surface area contributed by atoms with Crippen molar-refractivity contribution in [1.29, 1.82) is 0 Å². The molecule has 170 valence electrons. The first-order valence-corrected chi connectivity index (χ1v) is 12.6. The predicted molar refractivity (Wildman–Crippen MR) is 133 cm³/mol. The van der Waals surface area contributed by atoms with E-state index in [4.69, 9.17) is 0 Å². The molecule has 0 N–H and O–H groups in total. The van der Waals surface area contributed by atoms with Crippen molar-refractivity contribution in [2.75, 3.05) is 18.2 Å². The van der Waals surface area contributed by atoms with Crippen LogP contribution < -0.4 is 10.4 Å². The van der Waals surface area contributed by atoms with Crippen molar-refractivity contribution < 1.29 is 4.79 Å². The average Bonchev–Trinajstić information content (AvgIpc) is 3.00. The highest BCUT2D eigenvalue weighted by atomic mass is 32.2. The van der Waals surface area contributed by atoms with Gasteiger partial charge in [0.05, 0.1) is 6.04 Å². The van der Waals surface area contributed by atoms with E-state index in [1.165, 1.54) is 21.6 Å². The van der Waals surface area contributed by atoms with Gasteiger partial charge in [0.15, 0.2) is 5.43 Å². The maximum Gasteiger partial charge on any atom is 0.274 e. The lowest BCUT2D eigenvalue weighted by Gasteiger charge is -2.45. The molecular formula is C27H29N3O2S. The molecule has 0 fully saturated rings. The summed E-state index contributed by atoms with van der Waals surface area (Å²) in [4.78, 5) is 29.3. The topological polar surface area (TPSA) is 45.5 Å². The molecule has 3 aromatic rings. The van der Waals surface area contributed by atoms with Crippen LogP contribution in [0.4, 0.5) is 0 Å². The highest BCUT2D eigenvalue weighted by molar-refractivity contribution is 7.98. The quantitative estimate of drug-likeness (QED) is 0.554. The van der Waals surface area contributed by atoms with Crippen molar-refractivity contribution in [3.8, 4) is 0 Å². The number of nitrogens with zero attached hydrogens (tertiary/aromatic N) is 3. The van der Waals surface area contributed by atoms with Gasteiger partial charge in [0, 0.05) is 35.0 Å². The maximum atomic E-state index is 13.6. The SMILES string of the molecule is CCC(C)CN1CN(C2c3ccccc3CSc3ccccc32)n2ccc(=O)c(C)c2C1=O. The third-order valence-electron chi connectivity index (χ3n) is 6.88. The fourth-order valence-corrected chi connectivity index (χ4v) is 5.92. The molecule has 0 radical (unpaired) electrons. The first kappa shape index (κ1) is 21.8. The molecular weight excluding hydrogens is 430 g/mol. The lowest BCUT2D eigenvalue weighted by molar-refractivity contribution is 0.0655. The normalized spacial score (nSPS) is 18.3. The highest BCUT2D eigenvalue weighted by Gasteiger charge is 2.37. The zero-order valence-electron chi connectivity index (χ0n) is 19.3. The summed E-state index contributed by atoms with van der Waals surface area (Å²) in [6.07, 6.45) is 2.77. The smallest absolute Gasteiger partial charge is 0.274 e. The van der Waals surface area contributed by atoms with Crippen molar-refractivity contribution in [1.82, 2.24) is 9.58 Å². The molecule has 2 aromatic carbocycles. The second-order valence-corrected chi connectivity index (χ2v) is 10.1. The van der Waals surface area contributed by atoms with E-state index >= 15 is 0 Å². The van der Waals surface area contributed by atoms with E-state index in [-0.39, 0.29) is 17.4 Å². The third kappa shape index (κ3) is 3.76. The number of hydrogen-bond acceptors (Lipinski definition) is 4. The van der Waals surface area contributed by atoms with E-state index < -0.39 is 0 Å². The maximum absolute atomic E-state index is 13.6. The highest BCUT2D eigenvalue weighted by Crippen LogP contribution is 2.42. The van der Waals surface area contributed by atoms with Crippen LogP contribution in [0.5, 0.6) is 0 Å². The van der Waals surface area contributed by atoms with Crippen molar-refractivity contribution in [3.63, 3.8) is 0 Å². The molecule has 0 spiro atoms. The average molecular weight is 460 g/mol. The van der Waals surface area contributed by atoms with E-state index in [0.29, 0.717) is 30.4 Å². The largest absolute Gasteiger partial charge is 0.318 e. The van der Waals surface area contributed by atoms with Crippen molar-refractivity contribution >= 4 is 17.7 Å². The summed E-state index contributed by atoms with van der Waals surface area (Å²) in [6.45, 7) is 7.22. The van der Waals surface area contributed by atoms with Crippen LogP contribution in [0.25, 0.3) is 0 Å². The molecule has 6 heteroatoms. The van der Waals surface area contributed by atoms with Gasteiger partial charge < -0.3 is 4.90 Å². The number of aromatic nitrogens is 1. The van der Waals surface area contributed by atoms with Gasteiger partial charge >= 0.3 is 0 Å². The van der Waals surface area contributed by atoms with Crippen LogP contribution >= 0.6 is 11.8 Å². The van der Waals surface area contributed by atoms with Crippen LogP contribution in [-0.4, -0.2) is 28.7 Å². The lowest BCUT2D eigenvalue weighted by atomic mass is 9.94. The molecule has 0 bridgehead atoms. The number of carbonyl (C=O) groups is 1. The molecule has 5 rings (SSSR count). The molecule has 3 heterocycles. The number of thioether (sulfide) groups is 1. The zero-order chi connectivity index (χ0) is 23.1. The molecule has 2 atom stereocenters. The molecule has 1 aromatic heterocycles. The summed E-state index contributed by atoms with van der Waals surface area (Å²) in [6, 6.07) is 18.6. The zero-order valence-corrected chi connectivity index (χ0v) is 20.1. The van der Waals surface area contributed by atoms with E-state index in [0.717, 1.165) is 12.2 Å². The Morgan fingerprint density at radius 2 is 1.76 bits per heavy atom. The predicted octanol–water partition coefficient (Wildman–Crippen LogP) is 4.95. The minimum atomic E-state index is -0.0998. The van der Waals surface area contributed by atoms with E-state index in [2.05, 4.69) is 67.4 Å². The Morgan fingerprint density at radius 1 is 1.03 bits per heavy atom. The van der Waals surface area contributed by atoms with E-state index in [1.807, 2.05) is 21.3 Å². The summed E-state index contributed by atoms with van der Waals surface area (Å²) in [5.41, 5.74) is 4.66. The first-order chi connectivity index (χ1) is 16.0. The monoisotopic (exact) mass is 459 g/mol. The number of fused-ring (bicyclic) bond motifs is 3. The number of hydrogen-bond donors (Lipinski definition) is 0. The van der Waals surface area contributed by atoms with Crippen LogP contribution in [0.15, 0.2) is 70.5 Å². The second-order valence-electron chi connectivity index (χ2n) is 9.05. The molecule has 5 nitrogen and oxygen atoms in total. The Bertz CT molecular complexity index is 1220. The van der Waals surface area contributed by atoms with E-state index in [1.54, 1.807) is 19.2 Å². The fraction of sp³-hybridized carbons (Fsp3) is 0.333. The van der Waals surface area contributed by atoms with Crippen molar-refractivity contribution in [3.05, 3.63) is 99.0 Å². The van der Waals surface area contributed by atoms with Crippen molar-refractivity contribution in [2.45, 2.75) is 43.9 Å². The van der Waals surface area contributed by atoms with Gasteiger partial charge in [-0.2, -0.15) is 0 Å². The summed E-state index contributed by atoms with van der Waals surface area (Å²) >= 11 is 1.86. The standard InChI is InChI=1S/C27H29N3O2S/c1-4-18(2)15-28-17-30(29-14-13-23(31)19(3)25(29)27(28)32)26-21-10-6-5-9-20(21)16-33-24-12-8-7-11-22(24)26/h5-14,18,26H,4,15-17H2,1-3H3. The summed E-state index contributed by atoms with van der Waals surface area (Å²) in [7, 11) is 0. The molecule has 2 aliphatic rings. The van der Waals surface area contributed by atoms with Gasteiger partial charge in [0.25, 0.3) is 5.91 Å². The number of pyridine rings is 1. The van der Waals surface area contributed by atoms with Gasteiger partial charge in [-0.25, -0.2) is 0 Å². The summed E-state index contributed by atoms with van der Waals surface area (Å²) in [5, 5.41) is 2.26. The molecule has 2 unspecified atom stereocenters. The minimum Gasteiger partial charge on any atom is -0.318 e. The van der Waals surface area contributed by atoms with Gasteiger partial charge in [-0.3, -0.25) is 19.3 Å². The van der Waals surface area contributed by atoms with Gasteiger partial charge in [0.2, 0.25) is 0 Å². The van der Waals surface area contributed by atoms with Gasteiger partial charge in [0.1, 0.15) is 12.4 Å². The fourth-order valence-electron chi connectivity index (χ4n) is 4.82. The Labute approximate surface area is 199 Å². The molecule has 0 saturated carbocycles. The Balaban J connectivity index is 1.73. The number of rotatable bonds is 4. The van der Waals surface area contributed by atoms with Crippen molar-refractivity contribution in [2.24, 2.45) is 5.92 Å². The molecule has 2 aliphatic heterocycles. The number of benzene rings is 2. The van der Waals surface area contributed by atoms with Gasteiger partial charge in [-0.15, -0.1) is 11.8 Å². The Morgan fingerprint density at radius 3 is 2.55 bits per heavy atom. The summed E-state index contributed by atoms with van der Waals surface area (Å²) < 4.78 is 1.93. The number of amides is 1. The Hall–Kier alpha value is -2.99. The number of carbonyl (C=O) groups excluding carboxylic acids is 1. The molecule has 1 amide bonds. The molecule has 33 heavy (non-hydrogen) atoms. The third-order valence-corrected chi connectivity index (χ3v) is 8.01. The second kappa shape index (κ2) is 8.75. The van der Waals surface area contributed by atoms with Crippen LogP contribution in [0.1, 0.15) is 59.1 Å². The van der Waals surface area contributed by atoms with Crippen LogP contribution in [0, 0.1) is 12.8 Å². The summed E-state index contributed by atoms with van der Waals surface area (Å²) in [5.74, 6) is 1.22. The molecule has 0 aliphatic carbocycles. The van der Waals surface area contributed by atoms with Crippen LogP contribution in [-0.2, 0) is 5.75 Å². The molecule has 0 saturated heterocycles. The van der Waals surface area contributed by atoms with Gasteiger partial charge in [-0.1, -0.05) is 62.7 Å². The van der Waals surface area contributed by atoms with E-state index in [9.17, 15) is 9.59 Å². The minimum absolute atomic E-state index is 0.0636. The van der Waals surface area contributed by atoms with Crippen LogP contribution in [0.3, 0.4) is 0 Å².